The monoisotopic (exact) mass is 274 g/mol. The van der Waals surface area contributed by atoms with E-state index in [-0.39, 0.29) is 12.3 Å². The van der Waals surface area contributed by atoms with E-state index in [0.29, 0.717) is 11.3 Å². The second-order valence-corrected chi connectivity index (χ2v) is 5.21. The molecule has 1 aromatic rings. The standard InChI is InChI=1S/C15H18N2O3/c1-9(10-6-4-3-5-7-10)12-11(13(16)18)8-15(2,20-12)14(17)19/h3-7,9H,8H2,1-2H3,(H2,16,18)(H2,17,19). The Kier molecular flexibility index (Phi) is 3.53. The number of ether oxygens (including phenoxy) is 1. The van der Waals surface area contributed by atoms with Crippen LogP contribution in [0.25, 0.3) is 0 Å². The predicted molar refractivity (Wildman–Crippen MR) is 74.4 cm³/mol. The van der Waals surface area contributed by atoms with Crippen LogP contribution in [0, 0.1) is 0 Å². The van der Waals surface area contributed by atoms with Gasteiger partial charge in [0.15, 0.2) is 5.60 Å². The van der Waals surface area contributed by atoms with Crippen LogP contribution in [0.15, 0.2) is 41.7 Å². The quantitative estimate of drug-likeness (QED) is 0.863. The molecule has 5 heteroatoms. The van der Waals surface area contributed by atoms with Crippen molar-refractivity contribution >= 4 is 11.8 Å². The van der Waals surface area contributed by atoms with Crippen LogP contribution in [0.1, 0.15) is 31.7 Å². The summed E-state index contributed by atoms with van der Waals surface area (Å²) in [4.78, 5) is 23.1. The second-order valence-electron chi connectivity index (χ2n) is 5.21. The van der Waals surface area contributed by atoms with Gasteiger partial charge < -0.3 is 16.2 Å². The summed E-state index contributed by atoms with van der Waals surface area (Å²) in [6, 6.07) is 9.57. The Morgan fingerprint density at radius 3 is 2.35 bits per heavy atom. The molecule has 0 saturated heterocycles. The molecule has 2 unspecified atom stereocenters. The molecular weight excluding hydrogens is 256 g/mol. The van der Waals surface area contributed by atoms with Gasteiger partial charge >= 0.3 is 0 Å². The Morgan fingerprint density at radius 2 is 1.85 bits per heavy atom. The molecule has 0 bridgehead atoms. The van der Waals surface area contributed by atoms with Gasteiger partial charge in [-0.2, -0.15) is 0 Å². The summed E-state index contributed by atoms with van der Waals surface area (Å²) in [7, 11) is 0. The van der Waals surface area contributed by atoms with Crippen molar-refractivity contribution in [3.63, 3.8) is 0 Å². The summed E-state index contributed by atoms with van der Waals surface area (Å²) in [5.41, 5.74) is 10.9. The van der Waals surface area contributed by atoms with Gasteiger partial charge in [-0.15, -0.1) is 0 Å². The first-order valence-electron chi connectivity index (χ1n) is 6.42. The molecule has 1 heterocycles. The van der Waals surface area contributed by atoms with Gasteiger partial charge in [0, 0.05) is 12.3 Å². The van der Waals surface area contributed by atoms with Crippen LogP contribution in [-0.4, -0.2) is 17.4 Å². The minimum Gasteiger partial charge on any atom is -0.481 e. The Morgan fingerprint density at radius 1 is 1.25 bits per heavy atom. The normalized spacial score (nSPS) is 23.3. The SMILES string of the molecule is CC(C1=C(C(N)=O)CC(C)(C(N)=O)O1)c1ccccc1. The largest absolute Gasteiger partial charge is 0.481 e. The molecule has 4 N–H and O–H groups in total. The minimum absolute atomic E-state index is 0.115. The lowest BCUT2D eigenvalue weighted by Crippen LogP contribution is -2.41. The smallest absolute Gasteiger partial charge is 0.261 e. The van der Waals surface area contributed by atoms with E-state index in [0.717, 1.165) is 5.56 Å². The number of benzene rings is 1. The van der Waals surface area contributed by atoms with Gasteiger partial charge in [-0.05, 0) is 12.5 Å². The molecule has 2 amide bonds. The number of carbonyl (C=O) groups excluding carboxylic acids is 2. The summed E-state index contributed by atoms with van der Waals surface area (Å²) in [6.07, 6.45) is 0.115. The summed E-state index contributed by atoms with van der Waals surface area (Å²) in [5, 5.41) is 0. The van der Waals surface area contributed by atoms with Crippen molar-refractivity contribution in [2.24, 2.45) is 11.5 Å². The number of amides is 2. The molecule has 0 aliphatic carbocycles. The number of hydrogen-bond donors (Lipinski definition) is 2. The van der Waals surface area contributed by atoms with Gasteiger partial charge in [0.25, 0.3) is 5.91 Å². The number of carbonyl (C=O) groups is 2. The van der Waals surface area contributed by atoms with E-state index >= 15 is 0 Å². The molecule has 0 radical (unpaired) electrons. The lowest BCUT2D eigenvalue weighted by molar-refractivity contribution is -0.134. The molecule has 0 spiro atoms. The van der Waals surface area contributed by atoms with Crippen LogP contribution in [0.3, 0.4) is 0 Å². The fourth-order valence-electron chi connectivity index (χ4n) is 2.35. The first kappa shape index (κ1) is 14.1. The summed E-state index contributed by atoms with van der Waals surface area (Å²) in [5.74, 6) is -0.913. The number of nitrogens with two attached hydrogens (primary N) is 2. The first-order chi connectivity index (χ1) is 9.35. The maximum atomic E-state index is 11.6. The van der Waals surface area contributed by atoms with Gasteiger partial charge in [0.1, 0.15) is 5.76 Å². The van der Waals surface area contributed by atoms with E-state index < -0.39 is 17.4 Å². The van der Waals surface area contributed by atoms with Crippen molar-refractivity contribution in [2.45, 2.75) is 31.8 Å². The van der Waals surface area contributed by atoms with Crippen LogP contribution in [0.2, 0.25) is 0 Å². The predicted octanol–water partition coefficient (Wildman–Crippen LogP) is 1.19. The van der Waals surface area contributed by atoms with Crippen molar-refractivity contribution in [1.82, 2.24) is 0 Å². The fourth-order valence-corrected chi connectivity index (χ4v) is 2.35. The van der Waals surface area contributed by atoms with Gasteiger partial charge in [-0.1, -0.05) is 37.3 Å². The topological polar surface area (TPSA) is 95.4 Å². The van der Waals surface area contributed by atoms with Crippen molar-refractivity contribution in [2.75, 3.05) is 0 Å². The molecule has 1 aliphatic rings. The molecule has 1 aromatic carbocycles. The van der Waals surface area contributed by atoms with E-state index in [1.165, 1.54) is 0 Å². The Hall–Kier alpha value is -2.30. The van der Waals surface area contributed by atoms with Crippen molar-refractivity contribution in [3.05, 3.63) is 47.2 Å². The van der Waals surface area contributed by atoms with E-state index in [4.69, 9.17) is 16.2 Å². The molecule has 20 heavy (non-hydrogen) atoms. The van der Waals surface area contributed by atoms with E-state index in [1.54, 1.807) is 6.92 Å². The zero-order chi connectivity index (χ0) is 14.9. The third kappa shape index (κ3) is 2.39. The average Bonchev–Trinajstić information content (AvgIpc) is 2.79. The van der Waals surface area contributed by atoms with Gasteiger partial charge in [0.2, 0.25) is 5.91 Å². The van der Waals surface area contributed by atoms with Crippen LogP contribution < -0.4 is 11.5 Å². The highest BCUT2D eigenvalue weighted by Gasteiger charge is 2.44. The molecule has 0 fully saturated rings. The maximum absolute atomic E-state index is 11.6. The second kappa shape index (κ2) is 5.00. The molecular formula is C15H18N2O3. The molecule has 2 rings (SSSR count). The third-order valence-electron chi connectivity index (χ3n) is 3.66. The Labute approximate surface area is 117 Å². The van der Waals surface area contributed by atoms with E-state index in [1.807, 2.05) is 37.3 Å². The highest BCUT2D eigenvalue weighted by atomic mass is 16.5. The highest BCUT2D eigenvalue weighted by molar-refractivity contribution is 5.96. The van der Waals surface area contributed by atoms with Crippen LogP contribution in [0.5, 0.6) is 0 Å². The lowest BCUT2D eigenvalue weighted by atomic mass is 9.93. The fraction of sp³-hybridized carbons (Fsp3) is 0.333. The lowest BCUT2D eigenvalue weighted by Gasteiger charge is -2.23. The van der Waals surface area contributed by atoms with Crippen molar-refractivity contribution in [3.8, 4) is 0 Å². The van der Waals surface area contributed by atoms with Crippen LogP contribution >= 0.6 is 0 Å². The van der Waals surface area contributed by atoms with Gasteiger partial charge in [-0.25, -0.2) is 0 Å². The Balaban J connectivity index is 2.39. The molecule has 106 valence electrons. The molecule has 2 atom stereocenters. The zero-order valence-corrected chi connectivity index (χ0v) is 11.6. The Bertz CT molecular complexity index is 580. The number of primary amides is 2. The highest BCUT2D eigenvalue weighted by Crippen LogP contribution is 2.40. The van der Waals surface area contributed by atoms with Crippen LogP contribution in [0.4, 0.5) is 0 Å². The van der Waals surface area contributed by atoms with Crippen molar-refractivity contribution in [1.29, 1.82) is 0 Å². The van der Waals surface area contributed by atoms with Crippen molar-refractivity contribution < 1.29 is 14.3 Å². The van der Waals surface area contributed by atoms with E-state index in [2.05, 4.69) is 0 Å². The summed E-state index contributed by atoms with van der Waals surface area (Å²) in [6.45, 7) is 3.48. The third-order valence-corrected chi connectivity index (χ3v) is 3.66. The number of allylic oxidation sites excluding steroid dienone is 1. The number of hydrogen-bond acceptors (Lipinski definition) is 3. The molecule has 1 aliphatic heterocycles. The van der Waals surface area contributed by atoms with E-state index in [9.17, 15) is 9.59 Å². The average molecular weight is 274 g/mol. The first-order valence-corrected chi connectivity index (χ1v) is 6.42. The molecule has 5 nitrogen and oxygen atoms in total. The molecule has 0 aromatic heterocycles. The number of rotatable bonds is 4. The van der Waals surface area contributed by atoms with Gasteiger partial charge in [0.05, 0.1) is 5.57 Å². The summed E-state index contributed by atoms with van der Waals surface area (Å²) >= 11 is 0. The molecule has 0 saturated carbocycles. The maximum Gasteiger partial charge on any atom is 0.261 e. The van der Waals surface area contributed by atoms with Crippen LogP contribution in [-0.2, 0) is 14.3 Å². The zero-order valence-electron chi connectivity index (χ0n) is 11.6. The van der Waals surface area contributed by atoms with Gasteiger partial charge in [-0.3, -0.25) is 9.59 Å². The summed E-state index contributed by atoms with van der Waals surface area (Å²) < 4.78 is 5.70. The minimum atomic E-state index is -1.21.